The summed E-state index contributed by atoms with van der Waals surface area (Å²) in [5, 5.41) is 32.6. The molecule has 0 unspecified atom stereocenters. The average molecular weight is 422 g/mol. The minimum Gasteiger partial charge on any atom is -0.392 e. The van der Waals surface area contributed by atoms with E-state index in [1.54, 1.807) is 48.7 Å². The van der Waals surface area contributed by atoms with Crippen LogP contribution in [0.15, 0.2) is 48.7 Å². The number of nitrogens with zero attached hydrogens (tertiary/aromatic N) is 1. The Morgan fingerprint density at radius 1 is 0.967 bits per heavy atom. The number of Topliss-reactive ketones (excluding diaryl/α,β-unsaturated/α-hetero) is 1. The molecular formula is C22H18N2O5S. The molecule has 4 aromatic rings. The molecule has 0 atom stereocenters. The Hall–Kier alpha value is -3.17. The first kappa shape index (κ1) is 20.1. The Labute approximate surface area is 175 Å². The van der Waals surface area contributed by atoms with E-state index < -0.39 is 12.4 Å². The van der Waals surface area contributed by atoms with Gasteiger partial charge in [0.2, 0.25) is 0 Å². The maximum atomic E-state index is 12.7. The molecule has 1 amide bonds. The Morgan fingerprint density at radius 3 is 2.33 bits per heavy atom. The lowest BCUT2D eigenvalue weighted by Crippen LogP contribution is -2.14. The largest absolute Gasteiger partial charge is 0.392 e. The van der Waals surface area contributed by atoms with Crippen LogP contribution in [-0.2, 0) is 13.2 Å². The number of aliphatic hydroxyl groups is 3. The van der Waals surface area contributed by atoms with Crippen LogP contribution in [0.4, 0.5) is 5.69 Å². The first-order valence-corrected chi connectivity index (χ1v) is 9.98. The fourth-order valence-electron chi connectivity index (χ4n) is 3.33. The summed E-state index contributed by atoms with van der Waals surface area (Å²) in [4.78, 5) is 29.7. The number of amides is 1. The Balaban J connectivity index is 1.93. The van der Waals surface area contributed by atoms with Gasteiger partial charge in [-0.15, -0.1) is 11.3 Å². The number of carbonyl (C=O) groups excluding carboxylic acids is 2. The van der Waals surface area contributed by atoms with Crippen LogP contribution in [0.3, 0.4) is 0 Å². The zero-order valence-corrected chi connectivity index (χ0v) is 16.6. The van der Waals surface area contributed by atoms with Gasteiger partial charge >= 0.3 is 0 Å². The number of ketones is 1. The highest BCUT2D eigenvalue weighted by molar-refractivity contribution is 7.22. The van der Waals surface area contributed by atoms with Gasteiger partial charge in [-0.2, -0.15) is 0 Å². The molecule has 2 aromatic heterocycles. The average Bonchev–Trinajstić information content (AvgIpc) is 3.16. The van der Waals surface area contributed by atoms with Crippen molar-refractivity contribution in [3.63, 3.8) is 0 Å². The Kier molecular flexibility index (Phi) is 5.56. The third kappa shape index (κ3) is 3.46. The molecule has 4 rings (SSSR count). The molecule has 0 bridgehead atoms. The summed E-state index contributed by atoms with van der Waals surface area (Å²) >= 11 is 1.15. The van der Waals surface area contributed by atoms with E-state index in [2.05, 4.69) is 10.3 Å². The van der Waals surface area contributed by atoms with Crippen molar-refractivity contribution in [2.24, 2.45) is 0 Å². The highest BCUT2D eigenvalue weighted by Gasteiger charge is 2.22. The molecule has 0 spiro atoms. The molecule has 0 saturated carbocycles. The van der Waals surface area contributed by atoms with E-state index in [1.807, 2.05) is 0 Å². The second-order valence-electron chi connectivity index (χ2n) is 6.66. The topological polar surface area (TPSA) is 120 Å². The van der Waals surface area contributed by atoms with Crippen LogP contribution in [0, 0.1) is 0 Å². The molecule has 0 fully saturated rings. The van der Waals surface area contributed by atoms with Crippen molar-refractivity contribution in [1.82, 2.24) is 4.98 Å². The quantitative estimate of drug-likeness (QED) is 0.355. The predicted octanol–water partition coefficient (Wildman–Crippen LogP) is 2.86. The van der Waals surface area contributed by atoms with Crippen molar-refractivity contribution < 1.29 is 24.9 Å². The van der Waals surface area contributed by atoms with E-state index in [1.165, 1.54) is 0 Å². The van der Waals surface area contributed by atoms with Gasteiger partial charge in [-0.3, -0.25) is 14.6 Å². The molecule has 0 aliphatic rings. The summed E-state index contributed by atoms with van der Waals surface area (Å²) in [7, 11) is 0. The van der Waals surface area contributed by atoms with Gasteiger partial charge in [0, 0.05) is 27.2 Å². The normalized spacial score (nSPS) is 11.2. The molecule has 8 heteroatoms. The molecule has 30 heavy (non-hydrogen) atoms. The number of thiophene rings is 1. The predicted molar refractivity (Wildman–Crippen MR) is 115 cm³/mol. The van der Waals surface area contributed by atoms with Crippen LogP contribution in [-0.4, -0.2) is 38.6 Å². The smallest absolute Gasteiger partial charge is 0.255 e. The lowest BCUT2D eigenvalue weighted by Gasteiger charge is -2.09. The maximum absolute atomic E-state index is 12.7. The van der Waals surface area contributed by atoms with E-state index >= 15 is 0 Å². The zero-order chi connectivity index (χ0) is 21.3. The molecule has 0 radical (unpaired) electrons. The SMILES string of the molecule is O=C(Nc1c(C(=O)CO)sc2c1cnc1cc(CO)c(CO)cc12)c1ccccc1. The van der Waals surface area contributed by atoms with Gasteiger partial charge in [0.25, 0.3) is 5.91 Å². The van der Waals surface area contributed by atoms with Crippen LogP contribution in [0.5, 0.6) is 0 Å². The van der Waals surface area contributed by atoms with E-state index in [4.69, 9.17) is 0 Å². The van der Waals surface area contributed by atoms with Crippen molar-refractivity contribution in [3.05, 3.63) is 70.2 Å². The summed E-state index contributed by atoms with van der Waals surface area (Å²) in [5.74, 6) is -0.892. The number of pyridine rings is 1. The Bertz CT molecular complexity index is 1270. The summed E-state index contributed by atoms with van der Waals surface area (Å²) in [6.45, 7) is -1.18. The highest BCUT2D eigenvalue weighted by Crippen LogP contribution is 2.40. The molecule has 0 aliphatic heterocycles. The molecule has 0 aliphatic carbocycles. The highest BCUT2D eigenvalue weighted by atomic mass is 32.1. The minimum atomic E-state index is -0.692. The van der Waals surface area contributed by atoms with Gasteiger partial charge in [0.15, 0.2) is 5.78 Å². The molecular weight excluding hydrogens is 404 g/mol. The lowest BCUT2D eigenvalue weighted by molar-refractivity contribution is 0.0908. The molecule has 4 N–H and O–H groups in total. The van der Waals surface area contributed by atoms with Gasteiger partial charge in [-0.05, 0) is 35.4 Å². The first-order valence-electron chi connectivity index (χ1n) is 9.16. The first-order chi connectivity index (χ1) is 14.6. The molecule has 152 valence electrons. The second kappa shape index (κ2) is 8.29. The zero-order valence-electron chi connectivity index (χ0n) is 15.8. The summed E-state index contributed by atoms with van der Waals surface area (Å²) < 4.78 is 0.694. The summed E-state index contributed by atoms with van der Waals surface area (Å²) in [6.07, 6.45) is 1.56. The third-order valence-corrected chi connectivity index (χ3v) is 6.13. The third-order valence-electron chi connectivity index (χ3n) is 4.85. The van der Waals surface area contributed by atoms with Crippen molar-refractivity contribution in [2.75, 3.05) is 11.9 Å². The van der Waals surface area contributed by atoms with Gasteiger partial charge in [0.1, 0.15) is 6.61 Å². The van der Waals surface area contributed by atoms with Crippen molar-refractivity contribution in [2.45, 2.75) is 13.2 Å². The molecule has 2 heterocycles. The second-order valence-corrected chi connectivity index (χ2v) is 7.68. The lowest BCUT2D eigenvalue weighted by atomic mass is 10.0. The van der Waals surface area contributed by atoms with Crippen LogP contribution < -0.4 is 5.32 Å². The van der Waals surface area contributed by atoms with Crippen LogP contribution >= 0.6 is 11.3 Å². The van der Waals surface area contributed by atoms with Gasteiger partial charge < -0.3 is 20.6 Å². The molecule has 0 saturated heterocycles. The number of benzene rings is 2. The van der Waals surface area contributed by atoms with E-state index in [0.717, 1.165) is 11.3 Å². The summed E-state index contributed by atoms with van der Waals surface area (Å²) in [5.41, 5.74) is 2.45. The number of aliphatic hydroxyl groups excluding tert-OH is 3. The van der Waals surface area contributed by atoms with Crippen molar-refractivity contribution in [3.8, 4) is 0 Å². The number of rotatable bonds is 6. The number of hydrogen-bond acceptors (Lipinski definition) is 7. The maximum Gasteiger partial charge on any atom is 0.255 e. The van der Waals surface area contributed by atoms with Crippen molar-refractivity contribution in [1.29, 1.82) is 0 Å². The van der Waals surface area contributed by atoms with Gasteiger partial charge in [-0.1, -0.05) is 18.2 Å². The number of anilines is 1. The van der Waals surface area contributed by atoms with Crippen LogP contribution in [0.25, 0.3) is 21.0 Å². The number of fused-ring (bicyclic) bond motifs is 3. The van der Waals surface area contributed by atoms with E-state index in [9.17, 15) is 24.9 Å². The Morgan fingerprint density at radius 2 is 1.67 bits per heavy atom. The minimum absolute atomic E-state index is 0.225. The standard InChI is InChI=1S/C22H18N2O5S/c25-9-13-6-15-17(7-14(13)10-26)23-8-16-19(21(18(28)11-27)30-20(15)16)24-22(29)12-4-2-1-3-5-12/h1-8,25-27H,9-11H2,(H,24,29). The fraction of sp³-hybridized carbons (Fsp3) is 0.136. The summed E-state index contributed by atoms with van der Waals surface area (Å²) in [6, 6.07) is 12.0. The van der Waals surface area contributed by atoms with Crippen LogP contribution in [0.1, 0.15) is 31.2 Å². The number of carbonyl (C=O) groups is 2. The van der Waals surface area contributed by atoms with Crippen LogP contribution in [0.2, 0.25) is 0 Å². The number of hydrogen-bond donors (Lipinski definition) is 4. The number of nitrogens with one attached hydrogen (secondary N) is 1. The molecule has 2 aromatic carbocycles. The number of aromatic nitrogens is 1. The van der Waals surface area contributed by atoms with E-state index in [0.29, 0.717) is 43.4 Å². The molecule has 7 nitrogen and oxygen atoms in total. The van der Waals surface area contributed by atoms with Gasteiger partial charge in [-0.25, -0.2) is 0 Å². The van der Waals surface area contributed by atoms with Crippen molar-refractivity contribution >= 4 is 49.7 Å². The fourth-order valence-corrected chi connectivity index (χ4v) is 4.51. The van der Waals surface area contributed by atoms with E-state index in [-0.39, 0.29) is 24.0 Å². The van der Waals surface area contributed by atoms with Gasteiger partial charge in [0.05, 0.1) is 29.3 Å². The monoisotopic (exact) mass is 422 g/mol.